The number of nitrogens with two attached hydrogens (primary N) is 2. The van der Waals surface area contributed by atoms with Crippen LogP contribution in [-0.2, 0) is 11.3 Å². The lowest BCUT2D eigenvalue weighted by Crippen LogP contribution is -2.19. The van der Waals surface area contributed by atoms with Gasteiger partial charge < -0.3 is 16.0 Å². The van der Waals surface area contributed by atoms with Crippen LogP contribution in [0.5, 0.6) is 0 Å². The average molecular weight is 215 g/mol. The van der Waals surface area contributed by atoms with Gasteiger partial charge in [-0.3, -0.25) is 4.79 Å². The molecule has 0 aliphatic carbocycles. The van der Waals surface area contributed by atoms with Crippen molar-refractivity contribution in [3.05, 3.63) is 23.8 Å². The molecule has 1 heterocycles. The Morgan fingerprint density at radius 1 is 1.56 bits per heavy atom. The van der Waals surface area contributed by atoms with Gasteiger partial charge in [-0.15, -0.1) is 0 Å². The van der Waals surface area contributed by atoms with E-state index >= 15 is 0 Å². The van der Waals surface area contributed by atoms with Gasteiger partial charge in [0.2, 0.25) is 11.9 Å². The fourth-order valence-electron chi connectivity index (χ4n) is 1.58. The molecule has 0 bridgehead atoms. The zero-order valence-corrected chi connectivity index (χ0v) is 8.34. The number of para-hydroxylation sites is 1. The number of rotatable bonds is 2. The number of aromatic nitrogens is 2. The van der Waals surface area contributed by atoms with Crippen LogP contribution >= 0.6 is 0 Å². The maximum absolute atomic E-state index is 10.9. The number of benzene rings is 1. The maximum Gasteiger partial charge on any atom is 0.237 e. The number of hydrogen-bond acceptors (Lipinski definition) is 4. The maximum atomic E-state index is 10.9. The Labute approximate surface area is 91.1 Å². The van der Waals surface area contributed by atoms with Crippen molar-refractivity contribution in [2.75, 3.05) is 5.73 Å². The van der Waals surface area contributed by atoms with Crippen molar-refractivity contribution in [3.63, 3.8) is 0 Å². The molecule has 6 heteroatoms. The molecule has 80 valence electrons. The second-order valence-electron chi connectivity index (χ2n) is 3.31. The molecule has 0 aliphatic rings. The first-order chi connectivity index (χ1) is 7.63. The van der Waals surface area contributed by atoms with Gasteiger partial charge in [-0.1, -0.05) is 6.07 Å². The van der Waals surface area contributed by atoms with Crippen LogP contribution in [0.2, 0.25) is 0 Å². The molecule has 1 amide bonds. The van der Waals surface area contributed by atoms with E-state index in [-0.39, 0.29) is 12.5 Å². The number of fused-ring (bicyclic) bond motifs is 1. The molecule has 1 aromatic heterocycles. The third-order valence-corrected chi connectivity index (χ3v) is 2.24. The molecule has 0 unspecified atom stereocenters. The third kappa shape index (κ3) is 1.44. The van der Waals surface area contributed by atoms with Crippen LogP contribution in [0, 0.1) is 11.3 Å². The molecule has 0 radical (unpaired) electrons. The summed E-state index contributed by atoms with van der Waals surface area (Å²) in [6.07, 6.45) is 0. The van der Waals surface area contributed by atoms with Gasteiger partial charge >= 0.3 is 0 Å². The van der Waals surface area contributed by atoms with Crippen LogP contribution < -0.4 is 11.5 Å². The molecule has 0 saturated carbocycles. The van der Waals surface area contributed by atoms with Crippen molar-refractivity contribution >= 4 is 22.9 Å². The number of imidazole rings is 1. The average Bonchev–Trinajstić information content (AvgIpc) is 2.55. The van der Waals surface area contributed by atoms with Gasteiger partial charge in [0.25, 0.3) is 0 Å². The summed E-state index contributed by atoms with van der Waals surface area (Å²) < 4.78 is 1.48. The van der Waals surface area contributed by atoms with Gasteiger partial charge in [-0.05, 0) is 12.1 Å². The summed E-state index contributed by atoms with van der Waals surface area (Å²) >= 11 is 0. The second kappa shape index (κ2) is 3.55. The zero-order valence-electron chi connectivity index (χ0n) is 8.34. The summed E-state index contributed by atoms with van der Waals surface area (Å²) in [5.41, 5.74) is 12.3. The zero-order chi connectivity index (χ0) is 11.7. The molecule has 0 aliphatic heterocycles. The number of amides is 1. The van der Waals surface area contributed by atoms with Crippen molar-refractivity contribution in [3.8, 4) is 6.07 Å². The summed E-state index contributed by atoms with van der Waals surface area (Å²) in [7, 11) is 0. The summed E-state index contributed by atoms with van der Waals surface area (Å²) in [5.74, 6) is -0.329. The van der Waals surface area contributed by atoms with E-state index < -0.39 is 5.91 Å². The lowest BCUT2D eigenvalue weighted by molar-refractivity contribution is -0.118. The smallest absolute Gasteiger partial charge is 0.237 e. The molecule has 4 N–H and O–H groups in total. The molecule has 2 rings (SSSR count). The molecule has 0 spiro atoms. The number of primary amides is 1. The summed E-state index contributed by atoms with van der Waals surface area (Å²) in [6.45, 7) is -0.0444. The van der Waals surface area contributed by atoms with E-state index in [1.165, 1.54) is 4.57 Å². The molecule has 1 aromatic carbocycles. The largest absolute Gasteiger partial charge is 0.369 e. The molecule has 0 fully saturated rings. The van der Waals surface area contributed by atoms with Gasteiger partial charge in [0.05, 0.1) is 11.1 Å². The minimum Gasteiger partial charge on any atom is -0.369 e. The number of nitrogens with zero attached hydrogens (tertiary/aromatic N) is 3. The number of hydrogen-bond donors (Lipinski definition) is 2. The minimum atomic E-state index is -0.506. The van der Waals surface area contributed by atoms with Crippen LogP contribution in [0.25, 0.3) is 11.0 Å². The standard InChI is InChI=1S/C10H9N5O/c11-4-6-2-1-3-7-9(6)14-10(13)15(7)5-8(12)16/h1-3H,5H2,(H2,12,16)(H2,13,14). The van der Waals surface area contributed by atoms with Crippen LogP contribution in [-0.4, -0.2) is 15.5 Å². The highest BCUT2D eigenvalue weighted by molar-refractivity contribution is 5.86. The van der Waals surface area contributed by atoms with Gasteiger partial charge in [0.15, 0.2) is 0 Å². The molecule has 0 atom stereocenters. The van der Waals surface area contributed by atoms with Crippen LogP contribution in [0.15, 0.2) is 18.2 Å². The quantitative estimate of drug-likeness (QED) is 0.732. The van der Waals surface area contributed by atoms with Crippen molar-refractivity contribution in [1.29, 1.82) is 5.26 Å². The van der Waals surface area contributed by atoms with E-state index in [1.807, 2.05) is 6.07 Å². The minimum absolute atomic E-state index is 0.0444. The Morgan fingerprint density at radius 3 is 2.94 bits per heavy atom. The van der Waals surface area contributed by atoms with E-state index in [1.54, 1.807) is 18.2 Å². The van der Waals surface area contributed by atoms with E-state index in [0.717, 1.165) is 0 Å². The predicted molar refractivity (Wildman–Crippen MR) is 58.1 cm³/mol. The Balaban J connectivity index is 2.72. The Hall–Kier alpha value is -2.55. The second-order valence-corrected chi connectivity index (χ2v) is 3.31. The fourth-order valence-corrected chi connectivity index (χ4v) is 1.58. The number of nitriles is 1. The number of anilines is 1. The van der Waals surface area contributed by atoms with Crippen molar-refractivity contribution in [2.24, 2.45) is 5.73 Å². The van der Waals surface area contributed by atoms with Crippen molar-refractivity contribution in [2.45, 2.75) is 6.54 Å². The fraction of sp³-hybridized carbons (Fsp3) is 0.100. The first kappa shape index (κ1) is 9.98. The number of carbonyl (C=O) groups is 1. The highest BCUT2D eigenvalue weighted by Crippen LogP contribution is 2.20. The summed E-state index contributed by atoms with van der Waals surface area (Å²) in [4.78, 5) is 14.9. The SMILES string of the molecule is N#Cc1cccc2c1nc(N)n2CC(N)=O. The number of carbonyl (C=O) groups excluding carboxylic acids is 1. The van der Waals surface area contributed by atoms with Crippen LogP contribution in [0.1, 0.15) is 5.56 Å². The molecule has 0 saturated heterocycles. The molecule has 16 heavy (non-hydrogen) atoms. The van der Waals surface area contributed by atoms with Crippen LogP contribution in [0.3, 0.4) is 0 Å². The summed E-state index contributed by atoms with van der Waals surface area (Å²) in [5, 5.41) is 8.89. The Kier molecular flexibility index (Phi) is 2.21. The lowest BCUT2D eigenvalue weighted by Gasteiger charge is -2.02. The highest BCUT2D eigenvalue weighted by Gasteiger charge is 2.12. The Morgan fingerprint density at radius 2 is 2.31 bits per heavy atom. The Bertz CT molecular complexity index is 607. The molecule has 6 nitrogen and oxygen atoms in total. The van der Waals surface area contributed by atoms with E-state index in [9.17, 15) is 4.79 Å². The van der Waals surface area contributed by atoms with E-state index in [4.69, 9.17) is 16.7 Å². The van der Waals surface area contributed by atoms with Gasteiger partial charge in [0, 0.05) is 0 Å². The van der Waals surface area contributed by atoms with Gasteiger partial charge in [0.1, 0.15) is 18.1 Å². The van der Waals surface area contributed by atoms with Crippen LogP contribution in [0.4, 0.5) is 5.95 Å². The van der Waals surface area contributed by atoms with Gasteiger partial charge in [-0.2, -0.15) is 5.26 Å². The van der Waals surface area contributed by atoms with E-state index in [2.05, 4.69) is 4.98 Å². The predicted octanol–water partition coefficient (Wildman–Crippen LogP) is -0.0245. The summed E-state index contributed by atoms with van der Waals surface area (Å²) in [6, 6.07) is 7.10. The van der Waals surface area contributed by atoms with E-state index in [0.29, 0.717) is 16.6 Å². The van der Waals surface area contributed by atoms with Gasteiger partial charge in [-0.25, -0.2) is 4.98 Å². The molecular formula is C10H9N5O. The topological polar surface area (TPSA) is 111 Å². The monoisotopic (exact) mass is 215 g/mol. The molecular weight excluding hydrogens is 206 g/mol. The number of nitrogen functional groups attached to an aromatic ring is 1. The highest BCUT2D eigenvalue weighted by atomic mass is 16.1. The first-order valence-electron chi connectivity index (χ1n) is 4.56. The third-order valence-electron chi connectivity index (χ3n) is 2.24. The van der Waals surface area contributed by atoms with Crippen molar-refractivity contribution in [1.82, 2.24) is 9.55 Å². The van der Waals surface area contributed by atoms with Crippen molar-refractivity contribution < 1.29 is 4.79 Å². The molecule has 2 aromatic rings. The lowest BCUT2D eigenvalue weighted by atomic mass is 10.2. The normalized spacial score (nSPS) is 10.2. The first-order valence-corrected chi connectivity index (χ1v) is 4.56.